The Morgan fingerprint density at radius 3 is 2.00 bits per heavy atom. The molecule has 0 fully saturated rings. The van der Waals surface area contributed by atoms with Crippen molar-refractivity contribution < 1.29 is 53.2 Å². The van der Waals surface area contributed by atoms with Gasteiger partial charge in [0.15, 0.2) is 23.1 Å². The van der Waals surface area contributed by atoms with E-state index < -0.39 is 51.2 Å². The van der Waals surface area contributed by atoms with Gasteiger partial charge in [-0.25, -0.2) is 4.79 Å². The molecule has 13 nitrogen and oxygen atoms in total. The van der Waals surface area contributed by atoms with Crippen molar-refractivity contribution in [3.8, 4) is 28.4 Å². The maximum absolute atomic E-state index is 13.5. The van der Waals surface area contributed by atoms with E-state index in [0.717, 1.165) is 50.4 Å². The van der Waals surface area contributed by atoms with Crippen molar-refractivity contribution in [2.75, 3.05) is 0 Å². The molecule has 0 aliphatic rings. The normalized spacial score (nSPS) is 10.7. The van der Waals surface area contributed by atoms with E-state index >= 15 is 0 Å². The second kappa shape index (κ2) is 10.2. The number of benzene rings is 3. The topological polar surface area (TPSA) is 227 Å². The first-order valence-corrected chi connectivity index (χ1v) is 11.3. The Hall–Kier alpha value is -6.07. The second-order valence-electron chi connectivity index (χ2n) is 8.66. The van der Waals surface area contributed by atoms with Crippen LogP contribution in [0.3, 0.4) is 0 Å². The van der Waals surface area contributed by atoms with Gasteiger partial charge in [0.1, 0.15) is 28.8 Å². The first kappa shape index (κ1) is 28.0. The second-order valence-corrected chi connectivity index (χ2v) is 8.66. The third kappa shape index (κ3) is 4.58. The summed E-state index contributed by atoms with van der Waals surface area (Å²) >= 11 is 0. The number of aromatic carboxylic acids is 1. The minimum absolute atomic E-state index is 0.0854. The maximum atomic E-state index is 13.5. The zero-order valence-corrected chi connectivity index (χ0v) is 20.9. The van der Waals surface area contributed by atoms with Crippen LogP contribution in [0.2, 0.25) is 0 Å². The number of carboxylic acid groups (broad SMARTS) is 1. The van der Waals surface area contributed by atoms with Crippen molar-refractivity contribution in [3.63, 3.8) is 0 Å². The zero-order valence-electron chi connectivity index (χ0n) is 20.9. The molecule has 206 valence electrons. The molecule has 13 heteroatoms. The molecule has 0 amide bonds. The van der Waals surface area contributed by atoms with Gasteiger partial charge < -0.3 is 29.3 Å². The molecule has 41 heavy (non-hydrogen) atoms. The van der Waals surface area contributed by atoms with Gasteiger partial charge in [-0.05, 0) is 32.0 Å². The van der Waals surface area contributed by atoms with Gasteiger partial charge in [-0.3, -0.25) is 19.2 Å². The molecule has 0 spiro atoms. The molecule has 0 saturated carbocycles. The number of carboxylic acids is 1. The highest BCUT2D eigenvalue weighted by molar-refractivity contribution is 6.18. The van der Waals surface area contributed by atoms with Crippen LogP contribution >= 0.6 is 0 Å². The number of fused-ring (bicyclic) bond motifs is 3. The number of phenolic OH excluding ortho intramolecular Hbond substituents is 3. The molecule has 0 saturated heterocycles. The number of carbonyl (C=O) groups excluding carboxylic acids is 4. The molecule has 0 aliphatic heterocycles. The average molecular weight is 560 g/mol. The fraction of sp³-hybridized carbons (Fsp3) is 0.0714. The molecule has 3 aromatic carbocycles. The summed E-state index contributed by atoms with van der Waals surface area (Å²) in [6, 6.07) is 4.95. The highest BCUT2D eigenvalue weighted by Gasteiger charge is 2.28. The molecule has 0 bridgehead atoms. The maximum Gasteiger partial charge on any atom is 0.373 e. The van der Waals surface area contributed by atoms with Gasteiger partial charge in [-0.2, -0.15) is 9.59 Å². The Kier molecular flexibility index (Phi) is 6.98. The summed E-state index contributed by atoms with van der Waals surface area (Å²) < 4.78 is 11.3. The molecule has 2 aromatic heterocycles. The Balaban J connectivity index is 0.00000124. The summed E-state index contributed by atoms with van der Waals surface area (Å²) in [5.41, 5.74) is -3.99. The molecular weight excluding hydrogens is 544 g/mol. The van der Waals surface area contributed by atoms with E-state index in [2.05, 4.69) is 0 Å². The van der Waals surface area contributed by atoms with Crippen molar-refractivity contribution >= 4 is 56.6 Å². The zero-order chi connectivity index (χ0) is 30.3. The SMILES string of the molecule is CC(=O)c1cc2c(=O)c3c(C(=O)O)cc(O)cc3oc2c(C(C)=O)c1-c1coc2cc(O)c(O)cc2c1=O.O=C=O. The van der Waals surface area contributed by atoms with Gasteiger partial charge in [0.25, 0.3) is 0 Å². The molecule has 5 rings (SSSR count). The molecule has 0 aliphatic carbocycles. The van der Waals surface area contributed by atoms with Crippen molar-refractivity contribution in [1.29, 1.82) is 0 Å². The summed E-state index contributed by atoms with van der Waals surface area (Å²) in [5.74, 6) is -4.52. The fourth-order valence-electron chi connectivity index (χ4n) is 4.49. The van der Waals surface area contributed by atoms with Crippen molar-refractivity contribution in [2.24, 2.45) is 0 Å². The highest BCUT2D eigenvalue weighted by Crippen LogP contribution is 2.37. The Labute approximate surface area is 226 Å². The molecule has 5 aromatic rings. The van der Waals surface area contributed by atoms with Crippen molar-refractivity contribution in [3.05, 3.63) is 73.7 Å². The standard InChI is InChI=1S/C27H16O11.CO2/c1-9(28)12-5-15-25(34)23-14(27(35)36)3-11(30)4-20(23)38-26(15)21(10(2)29)22(12)16-8-37-19-7-18(32)17(31)6-13(19)24(16)33;2-1-3/h3-8,30-32H,1-2H3,(H,35,36);. The van der Waals surface area contributed by atoms with Gasteiger partial charge in [-0.1, -0.05) is 0 Å². The number of hydrogen-bond donors (Lipinski definition) is 4. The predicted molar refractivity (Wildman–Crippen MR) is 138 cm³/mol. The van der Waals surface area contributed by atoms with E-state index in [1.807, 2.05) is 0 Å². The van der Waals surface area contributed by atoms with Crippen LogP contribution in [-0.2, 0) is 9.59 Å². The summed E-state index contributed by atoms with van der Waals surface area (Å²) in [6.07, 6.45) is 1.22. The summed E-state index contributed by atoms with van der Waals surface area (Å²) in [5, 5.41) is 38.3. The van der Waals surface area contributed by atoms with Crippen LogP contribution in [0.1, 0.15) is 44.9 Å². The Morgan fingerprint density at radius 1 is 0.780 bits per heavy atom. The van der Waals surface area contributed by atoms with E-state index in [1.54, 1.807) is 0 Å². The molecule has 2 heterocycles. The summed E-state index contributed by atoms with van der Waals surface area (Å²) in [4.78, 5) is 80.7. The monoisotopic (exact) mass is 560 g/mol. The Morgan fingerprint density at radius 2 is 1.41 bits per heavy atom. The van der Waals surface area contributed by atoms with Gasteiger partial charge >= 0.3 is 12.1 Å². The van der Waals surface area contributed by atoms with Crippen LogP contribution in [0.4, 0.5) is 0 Å². The van der Waals surface area contributed by atoms with E-state index in [-0.39, 0.29) is 61.3 Å². The lowest BCUT2D eigenvalue weighted by Gasteiger charge is -2.15. The molecule has 0 atom stereocenters. The van der Waals surface area contributed by atoms with Gasteiger partial charge in [0, 0.05) is 23.3 Å². The molecule has 0 radical (unpaired) electrons. The lowest BCUT2D eigenvalue weighted by Crippen LogP contribution is -2.15. The van der Waals surface area contributed by atoms with Crippen LogP contribution in [0.5, 0.6) is 17.2 Å². The highest BCUT2D eigenvalue weighted by atomic mass is 16.4. The molecule has 4 N–H and O–H groups in total. The molecule has 0 unspecified atom stereocenters. The number of carbonyl (C=O) groups is 3. The number of ketones is 2. The first-order valence-electron chi connectivity index (χ1n) is 11.3. The van der Waals surface area contributed by atoms with Crippen molar-refractivity contribution in [2.45, 2.75) is 13.8 Å². The number of phenols is 3. The predicted octanol–water partition coefficient (Wildman–Crippen LogP) is 3.36. The molecular formula is C28H16O13. The van der Waals surface area contributed by atoms with E-state index in [1.165, 1.54) is 0 Å². The van der Waals surface area contributed by atoms with E-state index in [9.17, 15) is 44.4 Å². The largest absolute Gasteiger partial charge is 0.508 e. The number of hydrogen-bond acceptors (Lipinski definition) is 12. The average Bonchev–Trinajstić information content (AvgIpc) is 2.89. The van der Waals surface area contributed by atoms with Crippen LogP contribution in [0.25, 0.3) is 44.0 Å². The number of rotatable bonds is 4. The first-order chi connectivity index (χ1) is 19.3. The van der Waals surface area contributed by atoms with E-state index in [4.69, 9.17) is 18.4 Å². The number of aromatic hydroxyl groups is 3. The van der Waals surface area contributed by atoms with Crippen LogP contribution in [0, 0.1) is 0 Å². The smallest absolute Gasteiger partial charge is 0.373 e. The number of Topliss-reactive ketones (excluding diaryl/α,β-unsaturated/α-hetero) is 2. The van der Waals surface area contributed by atoms with Crippen LogP contribution < -0.4 is 10.9 Å². The van der Waals surface area contributed by atoms with Gasteiger partial charge in [-0.15, -0.1) is 0 Å². The van der Waals surface area contributed by atoms with Crippen LogP contribution in [-0.4, -0.2) is 44.1 Å². The van der Waals surface area contributed by atoms with Crippen LogP contribution in [0.15, 0.2) is 55.0 Å². The van der Waals surface area contributed by atoms with E-state index in [0.29, 0.717) is 0 Å². The third-order valence-corrected chi connectivity index (χ3v) is 6.15. The lowest BCUT2D eigenvalue weighted by molar-refractivity contribution is -0.191. The summed E-state index contributed by atoms with van der Waals surface area (Å²) in [7, 11) is 0. The minimum Gasteiger partial charge on any atom is -0.508 e. The Bertz CT molecular complexity index is 2120. The minimum atomic E-state index is -1.52. The van der Waals surface area contributed by atoms with Gasteiger partial charge in [0.05, 0.1) is 32.8 Å². The summed E-state index contributed by atoms with van der Waals surface area (Å²) in [6.45, 7) is 2.26. The third-order valence-electron chi connectivity index (χ3n) is 6.15. The quantitative estimate of drug-likeness (QED) is 0.141. The lowest BCUT2D eigenvalue weighted by atomic mass is 9.88. The fourth-order valence-corrected chi connectivity index (χ4v) is 4.49. The van der Waals surface area contributed by atoms with Crippen molar-refractivity contribution in [1.82, 2.24) is 0 Å². The van der Waals surface area contributed by atoms with Gasteiger partial charge in [0.2, 0.25) is 10.9 Å².